The largest absolute Gasteiger partial charge is 0.370 e. The van der Waals surface area contributed by atoms with E-state index in [1.54, 1.807) is 15.9 Å². The minimum Gasteiger partial charge on any atom is -0.370 e. The molecule has 0 saturated heterocycles. The Hall–Kier alpha value is -3.27. The van der Waals surface area contributed by atoms with Crippen molar-refractivity contribution in [3.63, 3.8) is 0 Å². The Kier molecular flexibility index (Phi) is 5.59. The van der Waals surface area contributed by atoms with Crippen LogP contribution in [-0.2, 0) is 17.8 Å². The summed E-state index contributed by atoms with van der Waals surface area (Å²) in [6.07, 6.45) is 0.647. The van der Waals surface area contributed by atoms with Crippen LogP contribution in [0.15, 0.2) is 64.5 Å². The van der Waals surface area contributed by atoms with Crippen LogP contribution in [0.25, 0.3) is 21.7 Å². The van der Waals surface area contributed by atoms with Gasteiger partial charge in [0.15, 0.2) is 10.9 Å². The molecular formula is C27H24N4O3S2. The number of fused-ring (bicyclic) bond motifs is 5. The molecule has 3 aromatic heterocycles. The smallest absolute Gasteiger partial charge is 0.268 e. The number of carbonyl (C=O) groups is 1. The van der Waals surface area contributed by atoms with Crippen molar-refractivity contribution in [2.24, 2.45) is 0 Å². The molecule has 9 heteroatoms. The standard InChI is InChI=1S/C27H24N4O3S2/c1-16-9-11-18(12-10-16)30-23(33)22-19-13-27(2,3)34-14-21(19)36-24(22)31-25(30)28-29-26(31)35-15-20(32)17-7-5-4-6-8-17/h4-12H,13-15H2,1-3H3. The van der Waals surface area contributed by atoms with Crippen LogP contribution in [0.4, 0.5) is 0 Å². The third-order valence-electron chi connectivity index (χ3n) is 6.43. The number of carbonyl (C=O) groups excluding carboxylic acids is 1. The molecule has 1 aliphatic rings. The molecule has 0 amide bonds. The van der Waals surface area contributed by atoms with E-state index in [0.29, 0.717) is 34.9 Å². The van der Waals surface area contributed by atoms with Gasteiger partial charge in [-0.2, -0.15) is 0 Å². The second-order valence-electron chi connectivity index (χ2n) is 9.58. The van der Waals surface area contributed by atoms with Gasteiger partial charge in [-0.1, -0.05) is 59.8 Å². The van der Waals surface area contributed by atoms with Crippen molar-refractivity contribution < 1.29 is 9.53 Å². The molecule has 0 radical (unpaired) electrons. The molecule has 2 aromatic carbocycles. The van der Waals surface area contributed by atoms with Gasteiger partial charge in [0.25, 0.3) is 5.56 Å². The van der Waals surface area contributed by atoms with Crippen LogP contribution in [0.1, 0.15) is 40.2 Å². The highest BCUT2D eigenvalue weighted by atomic mass is 32.2. The number of aromatic nitrogens is 4. The zero-order valence-electron chi connectivity index (χ0n) is 20.1. The molecule has 0 aliphatic carbocycles. The average molecular weight is 517 g/mol. The van der Waals surface area contributed by atoms with E-state index < -0.39 is 0 Å². The molecule has 0 atom stereocenters. The predicted molar refractivity (Wildman–Crippen MR) is 143 cm³/mol. The van der Waals surface area contributed by atoms with Crippen LogP contribution in [0, 0.1) is 6.92 Å². The van der Waals surface area contributed by atoms with Crippen molar-refractivity contribution >= 4 is 44.9 Å². The Bertz CT molecular complexity index is 1680. The molecule has 36 heavy (non-hydrogen) atoms. The van der Waals surface area contributed by atoms with Gasteiger partial charge in [-0.25, -0.2) is 8.97 Å². The fourth-order valence-electron chi connectivity index (χ4n) is 4.56. The number of aryl methyl sites for hydroxylation is 1. The van der Waals surface area contributed by atoms with E-state index in [4.69, 9.17) is 4.74 Å². The number of nitrogens with zero attached hydrogens (tertiary/aromatic N) is 4. The molecule has 4 heterocycles. The quantitative estimate of drug-likeness (QED) is 0.235. The van der Waals surface area contributed by atoms with E-state index >= 15 is 0 Å². The Labute approximate surface area is 215 Å². The number of rotatable bonds is 5. The first-order valence-electron chi connectivity index (χ1n) is 11.7. The minimum atomic E-state index is -0.357. The SMILES string of the molecule is Cc1ccc(-n2c(=O)c3c4c(sc3n3c(SCC(=O)c5ccccc5)nnc23)COC(C)(C)C4)cc1. The summed E-state index contributed by atoms with van der Waals surface area (Å²) >= 11 is 2.88. The van der Waals surface area contributed by atoms with E-state index in [0.717, 1.165) is 26.5 Å². The van der Waals surface area contributed by atoms with E-state index in [9.17, 15) is 9.59 Å². The fourth-order valence-corrected chi connectivity index (χ4v) is 6.67. The van der Waals surface area contributed by atoms with Crippen molar-refractivity contribution in [1.82, 2.24) is 19.2 Å². The molecule has 1 aliphatic heterocycles. The summed E-state index contributed by atoms with van der Waals surface area (Å²) in [5.74, 6) is 0.669. The maximum atomic E-state index is 14.0. The number of thiophene rings is 1. The van der Waals surface area contributed by atoms with Crippen molar-refractivity contribution in [1.29, 1.82) is 0 Å². The molecule has 0 fully saturated rings. The van der Waals surface area contributed by atoms with E-state index in [2.05, 4.69) is 10.2 Å². The summed E-state index contributed by atoms with van der Waals surface area (Å²) in [6, 6.07) is 17.0. The molecular weight excluding hydrogens is 492 g/mol. The van der Waals surface area contributed by atoms with Gasteiger partial charge >= 0.3 is 0 Å². The highest BCUT2D eigenvalue weighted by molar-refractivity contribution is 7.99. The van der Waals surface area contributed by atoms with Crippen LogP contribution >= 0.6 is 23.1 Å². The minimum absolute atomic E-state index is 0.0149. The van der Waals surface area contributed by atoms with Crippen LogP contribution in [0.5, 0.6) is 0 Å². The Morgan fingerprint density at radius 1 is 1.11 bits per heavy atom. The highest BCUT2D eigenvalue weighted by Gasteiger charge is 2.32. The summed E-state index contributed by atoms with van der Waals surface area (Å²) in [5, 5.41) is 10.1. The second kappa shape index (κ2) is 8.69. The van der Waals surface area contributed by atoms with Crippen molar-refractivity contribution in [2.75, 3.05) is 5.75 Å². The summed E-state index contributed by atoms with van der Waals surface area (Å²) in [6.45, 7) is 6.57. The fraction of sp³-hybridized carbons (Fsp3) is 0.259. The third-order valence-corrected chi connectivity index (χ3v) is 8.54. The summed E-state index contributed by atoms with van der Waals surface area (Å²) < 4.78 is 9.61. The molecule has 0 spiro atoms. The number of ether oxygens (including phenoxy) is 1. The van der Waals surface area contributed by atoms with Gasteiger partial charge in [0.05, 0.1) is 29.0 Å². The average Bonchev–Trinajstić information content (AvgIpc) is 3.45. The summed E-state index contributed by atoms with van der Waals surface area (Å²) in [5.41, 5.74) is 3.06. The van der Waals surface area contributed by atoms with Gasteiger partial charge in [-0.15, -0.1) is 21.5 Å². The Balaban J connectivity index is 1.56. The van der Waals surface area contributed by atoms with Gasteiger partial charge in [0.1, 0.15) is 4.83 Å². The number of benzene rings is 2. The van der Waals surface area contributed by atoms with Crippen molar-refractivity contribution in [3.8, 4) is 5.69 Å². The molecule has 7 nitrogen and oxygen atoms in total. The lowest BCUT2D eigenvalue weighted by Gasteiger charge is -2.29. The van der Waals surface area contributed by atoms with Gasteiger partial charge in [-0.05, 0) is 38.5 Å². The lowest BCUT2D eigenvalue weighted by Crippen LogP contribution is -2.32. The molecule has 0 saturated carbocycles. The number of ketones is 1. The number of thioether (sulfide) groups is 1. The predicted octanol–water partition coefficient (Wildman–Crippen LogP) is 5.23. The zero-order valence-corrected chi connectivity index (χ0v) is 21.8. The maximum Gasteiger partial charge on any atom is 0.268 e. The molecule has 182 valence electrons. The van der Waals surface area contributed by atoms with Crippen LogP contribution in [-0.4, -0.2) is 36.3 Å². The zero-order chi connectivity index (χ0) is 25.0. The van der Waals surface area contributed by atoms with Gasteiger partial charge in [0, 0.05) is 16.9 Å². The normalized spacial score (nSPS) is 14.9. The maximum absolute atomic E-state index is 14.0. The number of hydrogen-bond acceptors (Lipinski definition) is 7. The number of hydrogen-bond donors (Lipinski definition) is 0. The van der Waals surface area contributed by atoms with E-state index in [1.165, 1.54) is 11.8 Å². The summed E-state index contributed by atoms with van der Waals surface area (Å²) in [7, 11) is 0. The van der Waals surface area contributed by atoms with Crippen LogP contribution in [0.2, 0.25) is 0 Å². The first-order valence-corrected chi connectivity index (χ1v) is 13.5. The van der Waals surface area contributed by atoms with Gasteiger partial charge < -0.3 is 4.74 Å². The molecule has 0 bridgehead atoms. The van der Waals surface area contributed by atoms with Gasteiger partial charge in [0.2, 0.25) is 5.78 Å². The Morgan fingerprint density at radius 2 is 1.86 bits per heavy atom. The van der Waals surface area contributed by atoms with E-state index in [-0.39, 0.29) is 22.7 Å². The van der Waals surface area contributed by atoms with Gasteiger partial charge in [-0.3, -0.25) is 9.59 Å². The Morgan fingerprint density at radius 3 is 2.61 bits per heavy atom. The van der Waals surface area contributed by atoms with Crippen molar-refractivity contribution in [3.05, 3.63) is 86.5 Å². The first-order chi connectivity index (χ1) is 17.3. The van der Waals surface area contributed by atoms with Crippen LogP contribution < -0.4 is 5.56 Å². The lowest BCUT2D eigenvalue weighted by molar-refractivity contribution is -0.0379. The molecule has 0 N–H and O–H groups in total. The molecule has 5 aromatic rings. The molecule has 6 rings (SSSR count). The first kappa shape index (κ1) is 23.1. The monoisotopic (exact) mass is 516 g/mol. The van der Waals surface area contributed by atoms with Crippen LogP contribution in [0.3, 0.4) is 0 Å². The number of Topliss-reactive ketones (excluding diaryl/α,β-unsaturated/α-hetero) is 1. The lowest BCUT2D eigenvalue weighted by atomic mass is 9.94. The summed E-state index contributed by atoms with van der Waals surface area (Å²) in [4.78, 5) is 28.7. The third kappa shape index (κ3) is 3.87. The highest BCUT2D eigenvalue weighted by Crippen LogP contribution is 2.39. The van der Waals surface area contributed by atoms with Crippen molar-refractivity contribution in [2.45, 2.75) is 44.6 Å². The van der Waals surface area contributed by atoms with E-state index in [1.807, 2.05) is 79.8 Å². The topological polar surface area (TPSA) is 78.5 Å². The second-order valence-corrected chi connectivity index (χ2v) is 11.6. The molecule has 0 unspecified atom stereocenters.